The topological polar surface area (TPSA) is 29.5 Å². The molecule has 0 atom stereocenters. The average molecular weight is 363 g/mol. The normalized spacial score (nSPS) is 27.0. The first-order chi connectivity index (χ1) is 11.6. The fourth-order valence-electron chi connectivity index (χ4n) is 3.60. The molecule has 1 N–H and O–H groups in total. The van der Waals surface area contributed by atoms with Crippen molar-refractivity contribution in [2.45, 2.75) is 102 Å². The highest BCUT2D eigenvalue weighted by Crippen LogP contribution is 2.39. The minimum Gasteiger partial charge on any atom is -0.414 e. The van der Waals surface area contributed by atoms with Crippen molar-refractivity contribution in [3.8, 4) is 0 Å². The van der Waals surface area contributed by atoms with Gasteiger partial charge in [-0.25, -0.2) is 0 Å². The Morgan fingerprint density at radius 1 is 0.960 bits per heavy atom. The summed E-state index contributed by atoms with van der Waals surface area (Å²) in [6.07, 6.45) is 8.85. The number of benzene rings is 1. The summed E-state index contributed by atoms with van der Waals surface area (Å²) in [7, 11) is -1.69. The van der Waals surface area contributed by atoms with Gasteiger partial charge in [-0.15, -0.1) is 0 Å². The van der Waals surface area contributed by atoms with Crippen LogP contribution in [-0.2, 0) is 10.0 Å². The lowest BCUT2D eigenvalue weighted by Crippen LogP contribution is -2.44. The maximum atomic E-state index is 11.2. The van der Waals surface area contributed by atoms with Gasteiger partial charge in [0.15, 0.2) is 8.32 Å². The summed E-state index contributed by atoms with van der Waals surface area (Å²) >= 11 is 0. The van der Waals surface area contributed by atoms with Crippen LogP contribution in [0.4, 0.5) is 0 Å². The smallest absolute Gasteiger partial charge is 0.192 e. The van der Waals surface area contributed by atoms with E-state index in [0.717, 1.165) is 56.9 Å². The molecule has 1 aliphatic carbocycles. The molecule has 0 amide bonds. The summed E-state index contributed by atoms with van der Waals surface area (Å²) in [6.45, 7) is 11.7. The highest BCUT2D eigenvalue weighted by Gasteiger charge is 2.39. The van der Waals surface area contributed by atoms with E-state index >= 15 is 0 Å². The molecular weight excluding hydrogens is 324 g/mol. The molecule has 1 aromatic carbocycles. The Bertz CT molecular complexity index is 507. The molecule has 2 nitrogen and oxygen atoms in total. The summed E-state index contributed by atoms with van der Waals surface area (Å²) in [4.78, 5) is 0. The van der Waals surface area contributed by atoms with E-state index in [4.69, 9.17) is 4.43 Å². The molecule has 2 rings (SSSR count). The third-order valence-corrected chi connectivity index (χ3v) is 10.8. The van der Waals surface area contributed by atoms with Crippen LogP contribution in [0.3, 0.4) is 0 Å². The molecule has 3 heteroatoms. The predicted octanol–water partition coefficient (Wildman–Crippen LogP) is 6.40. The molecule has 0 bridgehead atoms. The van der Waals surface area contributed by atoms with Crippen molar-refractivity contribution >= 4 is 8.32 Å². The second-order valence-corrected chi connectivity index (χ2v) is 14.1. The van der Waals surface area contributed by atoms with Crippen LogP contribution in [0.1, 0.15) is 77.7 Å². The second-order valence-electron chi connectivity index (χ2n) is 9.39. The van der Waals surface area contributed by atoms with Gasteiger partial charge in [-0.05, 0) is 49.4 Å². The van der Waals surface area contributed by atoms with Crippen LogP contribution < -0.4 is 0 Å². The zero-order valence-corrected chi connectivity index (χ0v) is 18.0. The molecule has 0 aliphatic heterocycles. The molecule has 1 fully saturated rings. The van der Waals surface area contributed by atoms with Crippen LogP contribution in [0.5, 0.6) is 0 Å². The van der Waals surface area contributed by atoms with Gasteiger partial charge in [-0.2, -0.15) is 0 Å². The zero-order valence-electron chi connectivity index (χ0n) is 17.0. The SMILES string of the molecule is CC(C)(C)[Si](C)(C)OC1CCCCC(O)(c2ccccc2)CCCC1. The van der Waals surface area contributed by atoms with Crippen LogP contribution in [-0.4, -0.2) is 19.5 Å². The van der Waals surface area contributed by atoms with E-state index in [1.54, 1.807) is 0 Å². The van der Waals surface area contributed by atoms with Gasteiger partial charge in [0.25, 0.3) is 0 Å². The minimum absolute atomic E-state index is 0.274. The largest absolute Gasteiger partial charge is 0.414 e. The Labute approximate surface area is 156 Å². The fraction of sp³-hybridized carbons (Fsp3) is 0.727. The van der Waals surface area contributed by atoms with E-state index in [1.807, 2.05) is 18.2 Å². The summed E-state index contributed by atoms with van der Waals surface area (Å²) in [5.41, 5.74) is 0.443. The molecule has 1 aliphatic rings. The molecule has 25 heavy (non-hydrogen) atoms. The third kappa shape index (κ3) is 5.67. The second kappa shape index (κ2) is 8.37. The van der Waals surface area contributed by atoms with Gasteiger partial charge in [0.05, 0.1) is 5.60 Å². The van der Waals surface area contributed by atoms with Gasteiger partial charge >= 0.3 is 0 Å². The number of hydrogen-bond donors (Lipinski definition) is 1. The third-order valence-electron chi connectivity index (χ3n) is 6.31. The van der Waals surface area contributed by atoms with Gasteiger partial charge in [-0.1, -0.05) is 76.8 Å². The van der Waals surface area contributed by atoms with Gasteiger partial charge < -0.3 is 9.53 Å². The van der Waals surface area contributed by atoms with Crippen molar-refractivity contribution in [3.63, 3.8) is 0 Å². The lowest BCUT2D eigenvalue weighted by atomic mass is 9.82. The van der Waals surface area contributed by atoms with Gasteiger partial charge in [0.2, 0.25) is 0 Å². The van der Waals surface area contributed by atoms with E-state index in [2.05, 4.69) is 46.0 Å². The monoisotopic (exact) mass is 362 g/mol. The molecule has 0 aromatic heterocycles. The summed E-state index contributed by atoms with van der Waals surface area (Å²) < 4.78 is 6.69. The van der Waals surface area contributed by atoms with E-state index in [-0.39, 0.29) is 5.04 Å². The highest BCUT2D eigenvalue weighted by atomic mass is 28.4. The van der Waals surface area contributed by atoms with Crippen molar-refractivity contribution in [2.24, 2.45) is 0 Å². The van der Waals surface area contributed by atoms with Gasteiger partial charge in [0, 0.05) is 6.10 Å². The molecule has 142 valence electrons. The Morgan fingerprint density at radius 2 is 1.48 bits per heavy atom. The van der Waals surface area contributed by atoms with Crippen LogP contribution in [0, 0.1) is 0 Å². The first-order valence-electron chi connectivity index (χ1n) is 10.1. The van der Waals surface area contributed by atoms with Gasteiger partial charge in [-0.3, -0.25) is 0 Å². The summed E-state index contributed by atoms with van der Waals surface area (Å²) in [5, 5.41) is 11.5. The van der Waals surface area contributed by atoms with Crippen LogP contribution in [0.15, 0.2) is 30.3 Å². The summed E-state index contributed by atoms with van der Waals surface area (Å²) in [6, 6.07) is 10.3. The predicted molar refractivity (Wildman–Crippen MR) is 109 cm³/mol. The highest BCUT2D eigenvalue weighted by molar-refractivity contribution is 6.74. The minimum atomic E-state index is -1.69. The van der Waals surface area contributed by atoms with Crippen molar-refractivity contribution in [2.75, 3.05) is 0 Å². The van der Waals surface area contributed by atoms with Crippen LogP contribution in [0.25, 0.3) is 0 Å². The van der Waals surface area contributed by atoms with E-state index < -0.39 is 13.9 Å². The maximum absolute atomic E-state index is 11.2. The fourth-order valence-corrected chi connectivity index (χ4v) is 5.02. The van der Waals surface area contributed by atoms with Crippen molar-refractivity contribution in [1.29, 1.82) is 0 Å². The zero-order chi connectivity index (χ0) is 18.6. The van der Waals surface area contributed by atoms with Crippen molar-refractivity contribution in [1.82, 2.24) is 0 Å². The van der Waals surface area contributed by atoms with Crippen molar-refractivity contribution in [3.05, 3.63) is 35.9 Å². The first kappa shape index (κ1) is 20.7. The van der Waals surface area contributed by atoms with Gasteiger partial charge in [0.1, 0.15) is 0 Å². The summed E-state index contributed by atoms with van der Waals surface area (Å²) in [5.74, 6) is 0. The number of hydrogen-bond acceptors (Lipinski definition) is 2. The molecular formula is C22H38O2Si. The van der Waals surface area contributed by atoms with E-state index in [9.17, 15) is 5.11 Å². The Balaban J connectivity index is 1.97. The number of rotatable bonds is 3. The maximum Gasteiger partial charge on any atom is 0.192 e. The Hall–Kier alpha value is -0.643. The van der Waals surface area contributed by atoms with Crippen LogP contribution >= 0.6 is 0 Å². The molecule has 0 radical (unpaired) electrons. The molecule has 1 saturated carbocycles. The lowest BCUT2D eigenvalue weighted by Gasteiger charge is -2.40. The Kier molecular flexibility index (Phi) is 6.92. The van der Waals surface area contributed by atoms with Crippen LogP contribution in [0.2, 0.25) is 18.1 Å². The Morgan fingerprint density at radius 3 is 1.96 bits per heavy atom. The van der Waals surface area contributed by atoms with Crippen molar-refractivity contribution < 1.29 is 9.53 Å². The molecule has 0 saturated heterocycles. The lowest BCUT2D eigenvalue weighted by molar-refractivity contribution is 0.00901. The molecule has 0 heterocycles. The average Bonchev–Trinajstić information content (AvgIpc) is 2.55. The number of aliphatic hydroxyl groups is 1. The standard InChI is InChI=1S/C22H38O2Si/c1-21(2,3)25(4,5)24-20-15-9-11-17-22(23,18-12-10-16-20)19-13-7-6-8-14-19/h6-8,13-14,20,23H,9-12,15-18H2,1-5H3. The first-order valence-corrected chi connectivity index (χ1v) is 13.0. The van der Waals surface area contributed by atoms with E-state index in [1.165, 1.54) is 0 Å². The quantitative estimate of drug-likeness (QED) is 0.630. The molecule has 1 aromatic rings. The molecule has 0 spiro atoms. The molecule has 0 unspecified atom stereocenters. The van der Waals surface area contributed by atoms with E-state index in [0.29, 0.717) is 6.10 Å².